The third-order valence-corrected chi connectivity index (χ3v) is 5.01. The smallest absolute Gasteiger partial charge is 0.285 e. The molecule has 0 aliphatic carbocycles. The van der Waals surface area contributed by atoms with Gasteiger partial charge in [-0.1, -0.05) is 27.7 Å². The van der Waals surface area contributed by atoms with Crippen molar-refractivity contribution >= 4 is 0 Å². The molecule has 1 heterocycles. The van der Waals surface area contributed by atoms with Crippen LogP contribution < -0.4 is 0 Å². The van der Waals surface area contributed by atoms with E-state index in [1.807, 2.05) is 27.7 Å². The van der Waals surface area contributed by atoms with Crippen LogP contribution in [0.1, 0.15) is 40.5 Å². The molecule has 0 aromatic carbocycles. The Labute approximate surface area is 121 Å². The van der Waals surface area contributed by atoms with Crippen LogP contribution in [0.15, 0.2) is 0 Å². The molecule has 0 saturated carbocycles. The average Bonchev–Trinajstić information content (AvgIpc) is 2.25. The second-order valence-corrected chi connectivity index (χ2v) is 6.56. The van der Waals surface area contributed by atoms with Gasteiger partial charge in [-0.15, -0.1) is 0 Å². The van der Waals surface area contributed by atoms with Crippen molar-refractivity contribution in [1.29, 1.82) is 0 Å². The Morgan fingerprint density at radius 1 is 0.762 bits per heavy atom. The second-order valence-electron chi connectivity index (χ2n) is 6.56. The maximum atomic E-state index is 12.7. The van der Waals surface area contributed by atoms with Gasteiger partial charge in [0.25, 0.3) is 0 Å². The first-order chi connectivity index (χ1) is 9.32. The largest absolute Gasteiger partial charge is 0.412 e. The molecule has 0 aromatic heterocycles. The van der Waals surface area contributed by atoms with Crippen molar-refractivity contribution in [1.82, 2.24) is 4.90 Å². The number of likely N-dealkylation sites (tertiary alicyclic amines) is 1. The van der Waals surface area contributed by atoms with Crippen molar-refractivity contribution < 1.29 is 26.3 Å². The van der Waals surface area contributed by atoms with Gasteiger partial charge in [0.15, 0.2) is 0 Å². The highest BCUT2D eigenvalue weighted by Gasteiger charge is 2.60. The number of hydrogen-bond acceptors (Lipinski definition) is 1. The number of halogens is 6. The van der Waals surface area contributed by atoms with Crippen LogP contribution >= 0.6 is 0 Å². The Morgan fingerprint density at radius 3 is 1.33 bits per heavy atom. The van der Waals surface area contributed by atoms with Gasteiger partial charge in [-0.3, -0.25) is 4.90 Å². The highest BCUT2D eigenvalue weighted by molar-refractivity contribution is 4.95. The summed E-state index contributed by atoms with van der Waals surface area (Å²) in [5.74, 6) is 0.463. The van der Waals surface area contributed by atoms with Crippen LogP contribution in [-0.4, -0.2) is 36.4 Å². The molecule has 1 nitrogen and oxygen atoms in total. The molecule has 1 aliphatic heterocycles. The fourth-order valence-electron chi connectivity index (χ4n) is 3.62. The molecule has 0 atom stereocenters. The molecular formula is C14H23F6N. The first-order valence-electron chi connectivity index (χ1n) is 7.20. The third-order valence-electron chi connectivity index (χ3n) is 5.01. The summed E-state index contributed by atoms with van der Waals surface area (Å²) in [5, 5.41) is 0. The minimum atomic E-state index is -5.28. The van der Waals surface area contributed by atoms with Crippen molar-refractivity contribution in [3.63, 3.8) is 0 Å². The lowest BCUT2D eigenvalue weighted by atomic mass is 9.63. The fraction of sp³-hybridized carbons (Fsp3) is 1.00. The van der Waals surface area contributed by atoms with E-state index < -0.39 is 18.4 Å². The summed E-state index contributed by atoms with van der Waals surface area (Å²) >= 11 is 0. The average molecular weight is 319 g/mol. The highest BCUT2D eigenvalue weighted by Crippen LogP contribution is 2.47. The molecule has 7 heteroatoms. The van der Waals surface area contributed by atoms with Crippen molar-refractivity contribution in [3.8, 4) is 0 Å². The SMILES string of the molecule is CC(C)C1(C(C)C)CCN(C(C(F)(F)F)C(F)(F)F)CC1. The van der Waals surface area contributed by atoms with Gasteiger partial charge < -0.3 is 0 Å². The molecule has 1 saturated heterocycles. The van der Waals surface area contributed by atoms with Crippen molar-refractivity contribution in [2.45, 2.75) is 58.9 Å². The van der Waals surface area contributed by atoms with Gasteiger partial charge in [-0.05, 0) is 43.2 Å². The molecule has 0 spiro atoms. The van der Waals surface area contributed by atoms with E-state index in [1.54, 1.807) is 0 Å². The minimum Gasteiger partial charge on any atom is -0.285 e. The van der Waals surface area contributed by atoms with Gasteiger partial charge in [0, 0.05) is 0 Å². The minimum absolute atomic E-state index is 0.167. The van der Waals surface area contributed by atoms with E-state index in [0.29, 0.717) is 17.7 Å². The lowest BCUT2D eigenvalue weighted by molar-refractivity contribution is -0.291. The van der Waals surface area contributed by atoms with Gasteiger partial charge in [-0.2, -0.15) is 26.3 Å². The van der Waals surface area contributed by atoms with E-state index in [1.165, 1.54) is 0 Å². The molecule has 0 radical (unpaired) electrons. The number of alkyl halides is 6. The van der Waals surface area contributed by atoms with E-state index in [0.717, 1.165) is 0 Å². The zero-order valence-electron chi connectivity index (χ0n) is 12.8. The Morgan fingerprint density at radius 2 is 1.10 bits per heavy atom. The first kappa shape index (κ1) is 18.6. The lowest BCUT2D eigenvalue weighted by Crippen LogP contribution is -2.58. The van der Waals surface area contributed by atoms with Crippen molar-refractivity contribution in [2.24, 2.45) is 17.3 Å². The monoisotopic (exact) mass is 319 g/mol. The normalized spacial score (nSPS) is 21.6. The summed E-state index contributed by atoms with van der Waals surface area (Å²) in [6.07, 6.45) is -9.84. The maximum Gasteiger partial charge on any atom is 0.412 e. The maximum absolute atomic E-state index is 12.7. The van der Waals surface area contributed by atoms with Crippen LogP contribution in [0.3, 0.4) is 0 Å². The van der Waals surface area contributed by atoms with Crippen molar-refractivity contribution in [3.05, 3.63) is 0 Å². The predicted octanol–water partition coefficient (Wildman–Crippen LogP) is 4.87. The predicted molar refractivity (Wildman–Crippen MR) is 68.8 cm³/mol. The Kier molecular flexibility index (Phi) is 5.29. The van der Waals surface area contributed by atoms with Crippen LogP contribution in [0.4, 0.5) is 26.3 Å². The third kappa shape index (κ3) is 3.85. The Balaban J connectivity index is 2.92. The van der Waals surface area contributed by atoms with Gasteiger partial charge in [-0.25, -0.2) is 0 Å². The van der Waals surface area contributed by atoms with Crippen LogP contribution in [0, 0.1) is 17.3 Å². The molecule has 0 N–H and O–H groups in total. The molecule has 1 aliphatic rings. The molecule has 0 amide bonds. The molecule has 1 rings (SSSR count). The number of rotatable bonds is 3. The molecule has 0 bridgehead atoms. The van der Waals surface area contributed by atoms with Gasteiger partial charge >= 0.3 is 12.4 Å². The van der Waals surface area contributed by atoms with Gasteiger partial charge in [0.05, 0.1) is 0 Å². The Bertz CT molecular complexity index is 312. The number of nitrogens with zero attached hydrogens (tertiary/aromatic N) is 1. The quantitative estimate of drug-likeness (QED) is 0.671. The van der Waals surface area contributed by atoms with E-state index in [4.69, 9.17) is 0 Å². The van der Waals surface area contributed by atoms with Crippen molar-refractivity contribution in [2.75, 3.05) is 13.1 Å². The van der Waals surface area contributed by atoms with Crippen LogP contribution in [0.25, 0.3) is 0 Å². The fourth-order valence-corrected chi connectivity index (χ4v) is 3.62. The summed E-state index contributed by atoms with van der Waals surface area (Å²) in [6.45, 7) is 7.61. The Hall–Kier alpha value is -0.460. The standard InChI is InChI=1S/C14H23F6N/c1-9(2)12(10(3)4)5-7-21(8-6-12)11(13(15,16)17)14(18,19)20/h9-11H,5-8H2,1-4H3. The molecular weight excluding hydrogens is 296 g/mol. The molecule has 126 valence electrons. The molecule has 0 unspecified atom stereocenters. The first-order valence-corrected chi connectivity index (χ1v) is 7.20. The molecule has 21 heavy (non-hydrogen) atoms. The summed E-state index contributed by atoms with van der Waals surface area (Å²) in [4.78, 5) is 0.545. The highest BCUT2D eigenvalue weighted by atomic mass is 19.4. The number of piperidine rings is 1. The van der Waals surface area contributed by atoms with E-state index in [9.17, 15) is 26.3 Å². The lowest BCUT2D eigenvalue weighted by Gasteiger charge is -2.49. The van der Waals surface area contributed by atoms with Crippen LogP contribution in [0.5, 0.6) is 0 Å². The summed E-state index contributed by atoms with van der Waals surface area (Å²) in [7, 11) is 0. The van der Waals surface area contributed by atoms with E-state index in [-0.39, 0.29) is 30.3 Å². The number of hydrogen-bond donors (Lipinski definition) is 0. The van der Waals surface area contributed by atoms with E-state index >= 15 is 0 Å². The van der Waals surface area contributed by atoms with Gasteiger partial charge in [0.1, 0.15) is 0 Å². The molecule has 1 fully saturated rings. The summed E-state index contributed by atoms with van der Waals surface area (Å²) in [5.41, 5.74) is -0.182. The molecule has 0 aromatic rings. The topological polar surface area (TPSA) is 3.24 Å². The zero-order chi connectivity index (χ0) is 16.6. The van der Waals surface area contributed by atoms with Gasteiger partial charge in [0.2, 0.25) is 6.04 Å². The zero-order valence-corrected chi connectivity index (χ0v) is 12.8. The summed E-state index contributed by atoms with van der Waals surface area (Å²) in [6, 6.07) is -3.35. The van der Waals surface area contributed by atoms with Crippen LogP contribution in [0.2, 0.25) is 0 Å². The van der Waals surface area contributed by atoms with E-state index in [2.05, 4.69) is 0 Å². The van der Waals surface area contributed by atoms with Crippen LogP contribution in [-0.2, 0) is 0 Å². The summed E-state index contributed by atoms with van der Waals surface area (Å²) < 4.78 is 76.5. The second kappa shape index (κ2) is 5.97.